The number of hydrogen-bond donors (Lipinski definition) is 1. The lowest BCUT2D eigenvalue weighted by atomic mass is 10.0. The highest BCUT2D eigenvalue weighted by atomic mass is 16.5. The number of methoxy groups -OCH3 is 2. The van der Waals surface area contributed by atoms with Gasteiger partial charge in [-0.3, -0.25) is 4.79 Å². The van der Waals surface area contributed by atoms with Crippen molar-refractivity contribution < 1.29 is 14.3 Å². The van der Waals surface area contributed by atoms with Gasteiger partial charge in [0.15, 0.2) is 5.65 Å². The fraction of sp³-hybridized carbons (Fsp3) is 0.0870. The van der Waals surface area contributed by atoms with Crippen LogP contribution in [0.2, 0.25) is 0 Å². The number of nitrogens with zero attached hydrogens (tertiary/aromatic N) is 2. The topological polar surface area (TPSA) is 73.3 Å². The predicted octanol–water partition coefficient (Wildman–Crippen LogP) is 4.57. The molecular weight excluding hydrogens is 366 g/mol. The largest absolute Gasteiger partial charge is 0.497 e. The average molecular weight is 385 g/mol. The molecule has 0 atom stereocenters. The molecule has 4 rings (SSSR count). The Hall–Kier alpha value is -3.93. The molecule has 6 nitrogen and oxygen atoms in total. The number of benzene rings is 2. The van der Waals surface area contributed by atoms with Crippen molar-refractivity contribution in [2.75, 3.05) is 19.5 Å². The lowest BCUT2D eigenvalue weighted by Crippen LogP contribution is -2.14. The van der Waals surface area contributed by atoms with E-state index in [4.69, 9.17) is 9.47 Å². The van der Waals surface area contributed by atoms with Crippen molar-refractivity contribution in [1.29, 1.82) is 0 Å². The number of pyridine rings is 2. The van der Waals surface area contributed by atoms with Crippen molar-refractivity contribution in [3.05, 3.63) is 78.5 Å². The normalized spacial score (nSPS) is 10.6. The van der Waals surface area contributed by atoms with Gasteiger partial charge in [-0.15, -0.1) is 0 Å². The molecular formula is C23H19N3O3. The summed E-state index contributed by atoms with van der Waals surface area (Å²) in [5.41, 5.74) is 2.73. The molecule has 2 heterocycles. The molecule has 2 aromatic carbocycles. The maximum Gasteiger partial charge on any atom is 0.257 e. The lowest BCUT2D eigenvalue weighted by Gasteiger charge is -2.13. The van der Waals surface area contributed by atoms with Crippen LogP contribution in [-0.4, -0.2) is 30.1 Å². The second kappa shape index (κ2) is 7.98. The van der Waals surface area contributed by atoms with Crippen LogP contribution in [-0.2, 0) is 0 Å². The molecule has 0 aliphatic rings. The Morgan fingerprint density at radius 3 is 2.31 bits per heavy atom. The van der Waals surface area contributed by atoms with Gasteiger partial charge in [0.05, 0.1) is 14.2 Å². The van der Waals surface area contributed by atoms with E-state index >= 15 is 0 Å². The van der Waals surface area contributed by atoms with Crippen LogP contribution in [0.5, 0.6) is 11.5 Å². The monoisotopic (exact) mass is 385 g/mol. The van der Waals surface area contributed by atoms with Crippen molar-refractivity contribution in [3.63, 3.8) is 0 Å². The fourth-order valence-electron chi connectivity index (χ4n) is 3.06. The molecule has 0 saturated heterocycles. The Bertz CT molecular complexity index is 1150. The summed E-state index contributed by atoms with van der Waals surface area (Å²) in [6.45, 7) is 0. The summed E-state index contributed by atoms with van der Waals surface area (Å²) in [5, 5.41) is 3.81. The van der Waals surface area contributed by atoms with E-state index in [9.17, 15) is 4.79 Å². The minimum absolute atomic E-state index is 0.317. The molecule has 1 N–H and O–H groups in total. The number of amides is 1. The zero-order valence-electron chi connectivity index (χ0n) is 16.0. The van der Waals surface area contributed by atoms with Crippen molar-refractivity contribution in [2.45, 2.75) is 0 Å². The summed E-state index contributed by atoms with van der Waals surface area (Å²) in [7, 11) is 3.08. The van der Waals surface area contributed by atoms with Gasteiger partial charge in [-0.25, -0.2) is 9.97 Å². The Morgan fingerprint density at radius 1 is 0.897 bits per heavy atom. The summed E-state index contributed by atoms with van der Waals surface area (Å²) in [6, 6.07) is 20.6. The Morgan fingerprint density at radius 2 is 1.62 bits per heavy atom. The Kier molecular flexibility index (Phi) is 5.07. The summed E-state index contributed by atoms with van der Waals surface area (Å²) >= 11 is 0. The van der Waals surface area contributed by atoms with Crippen molar-refractivity contribution in [1.82, 2.24) is 9.97 Å². The number of ether oxygens (including phenoxy) is 2. The number of carbonyl (C=O) groups excluding carboxylic acids is 1. The smallest absolute Gasteiger partial charge is 0.257 e. The zero-order valence-corrected chi connectivity index (χ0v) is 16.0. The molecule has 0 bridgehead atoms. The summed E-state index contributed by atoms with van der Waals surface area (Å²) in [6.07, 6.45) is 1.68. The van der Waals surface area contributed by atoms with E-state index < -0.39 is 0 Å². The van der Waals surface area contributed by atoms with Crippen LogP contribution in [0.25, 0.3) is 22.2 Å². The molecule has 0 aliphatic heterocycles. The average Bonchev–Trinajstić information content (AvgIpc) is 2.78. The SMILES string of the molecule is COc1cc(OC)cc(C(=O)Nc2nc3ncccc3cc2-c2ccccc2)c1. The summed E-state index contributed by atoms with van der Waals surface area (Å²) in [4.78, 5) is 21.9. The standard InChI is InChI=1S/C23H19N3O3/c1-28-18-11-17(12-19(14-18)29-2)23(27)26-22-20(15-7-4-3-5-8-15)13-16-9-6-10-24-21(16)25-22/h3-14H,1-2H3,(H,24,25,26,27). The second-order valence-electron chi connectivity index (χ2n) is 6.36. The third kappa shape index (κ3) is 3.87. The molecule has 29 heavy (non-hydrogen) atoms. The molecule has 144 valence electrons. The maximum atomic E-state index is 13.0. The van der Waals surface area contributed by atoms with Gasteiger partial charge < -0.3 is 14.8 Å². The number of nitrogens with one attached hydrogen (secondary N) is 1. The first kappa shape index (κ1) is 18.4. The van der Waals surface area contributed by atoms with Crippen LogP contribution in [0.4, 0.5) is 5.82 Å². The highest BCUT2D eigenvalue weighted by molar-refractivity contribution is 6.07. The molecule has 0 aliphatic carbocycles. The third-order valence-electron chi connectivity index (χ3n) is 4.52. The quantitative estimate of drug-likeness (QED) is 0.545. The van der Waals surface area contributed by atoms with Gasteiger partial charge in [0.1, 0.15) is 17.3 Å². The van der Waals surface area contributed by atoms with Gasteiger partial charge in [0.2, 0.25) is 0 Å². The van der Waals surface area contributed by atoms with Crippen LogP contribution in [0.3, 0.4) is 0 Å². The Balaban J connectivity index is 1.78. The van der Waals surface area contributed by atoms with Crippen LogP contribution >= 0.6 is 0 Å². The Labute approximate surface area is 168 Å². The van der Waals surface area contributed by atoms with Gasteiger partial charge >= 0.3 is 0 Å². The minimum Gasteiger partial charge on any atom is -0.497 e. The maximum absolute atomic E-state index is 13.0. The molecule has 4 aromatic rings. The van der Waals surface area contributed by atoms with Gasteiger partial charge in [0, 0.05) is 28.8 Å². The molecule has 6 heteroatoms. The first-order valence-electron chi connectivity index (χ1n) is 9.03. The van der Waals surface area contributed by atoms with Crippen molar-refractivity contribution in [3.8, 4) is 22.6 Å². The fourth-order valence-corrected chi connectivity index (χ4v) is 3.06. The molecule has 0 saturated carbocycles. The molecule has 2 aromatic heterocycles. The van der Waals surface area contributed by atoms with Gasteiger partial charge in [0.25, 0.3) is 5.91 Å². The predicted molar refractivity (Wildman–Crippen MR) is 112 cm³/mol. The highest BCUT2D eigenvalue weighted by Crippen LogP contribution is 2.30. The van der Waals surface area contributed by atoms with Crippen LogP contribution < -0.4 is 14.8 Å². The van der Waals surface area contributed by atoms with E-state index in [1.54, 1.807) is 38.6 Å². The number of rotatable bonds is 5. The van der Waals surface area contributed by atoms with E-state index in [-0.39, 0.29) is 5.91 Å². The number of hydrogen-bond acceptors (Lipinski definition) is 5. The first-order chi connectivity index (χ1) is 14.2. The van der Waals surface area contributed by atoms with E-state index in [2.05, 4.69) is 15.3 Å². The second-order valence-corrected chi connectivity index (χ2v) is 6.36. The molecule has 0 spiro atoms. The zero-order chi connectivity index (χ0) is 20.2. The molecule has 0 radical (unpaired) electrons. The number of aromatic nitrogens is 2. The van der Waals surface area contributed by atoms with Crippen LogP contribution in [0.1, 0.15) is 10.4 Å². The van der Waals surface area contributed by atoms with E-state index in [1.807, 2.05) is 48.5 Å². The molecule has 1 amide bonds. The van der Waals surface area contributed by atoms with Gasteiger partial charge in [-0.2, -0.15) is 0 Å². The van der Waals surface area contributed by atoms with E-state index in [0.29, 0.717) is 28.5 Å². The van der Waals surface area contributed by atoms with Gasteiger partial charge in [-0.05, 0) is 35.9 Å². The van der Waals surface area contributed by atoms with Gasteiger partial charge in [-0.1, -0.05) is 30.3 Å². The van der Waals surface area contributed by atoms with E-state index in [1.165, 1.54) is 0 Å². The lowest BCUT2D eigenvalue weighted by molar-refractivity contribution is 0.102. The van der Waals surface area contributed by atoms with Crippen molar-refractivity contribution in [2.24, 2.45) is 0 Å². The molecule has 0 unspecified atom stereocenters. The number of anilines is 1. The third-order valence-corrected chi connectivity index (χ3v) is 4.52. The first-order valence-corrected chi connectivity index (χ1v) is 9.03. The number of fused-ring (bicyclic) bond motifs is 1. The minimum atomic E-state index is -0.317. The van der Waals surface area contributed by atoms with E-state index in [0.717, 1.165) is 16.5 Å². The summed E-state index contributed by atoms with van der Waals surface area (Å²) < 4.78 is 10.5. The highest BCUT2D eigenvalue weighted by Gasteiger charge is 2.15. The summed E-state index contributed by atoms with van der Waals surface area (Å²) in [5.74, 6) is 1.19. The van der Waals surface area contributed by atoms with Crippen molar-refractivity contribution >= 4 is 22.8 Å². The van der Waals surface area contributed by atoms with Crippen LogP contribution in [0.15, 0.2) is 72.9 Å². The number of carbonyl (C=O) groups is 1. The molecule has 0 fully saturated rings. The van der Waals surface area contributed by atoms with Crippen LogP contribution in [0, 0.1) is 0 Å².